The van der Waals surface area contributed by atoms with Gasteiger partial charge in [0.1, 0.15) is 5.76 Å². The lowest BCUT2D eigenvalue weighted by Crippen LogP contribution is -2.21. The Kier molecular flexibility index (Phi) is 3.84. The second-order valence-electron chi connectivity index (χ2n) is 3.77. The summed E-state index contributed by atoms with van der Waals surface area (Å²) >= 11 is 5.08. The van der Waals surface area contributed by atoms with E-state index in [4.69, 9.17) is 4.42 Å². The molecule has 1 unspecified atom stereocenters. The van der Waals surface area contributed by atoms with Crippen LogP contribution in [-0.4, -0.2) is 0 Å². The van der Waals surface area contributed by atoms with Crippen LogP contribution in [0.1, 0.15) is 36.6 Å². The largest absolute Gasteiger partial charge is 0.453 e. The molecule has 2 aromatic heterocycles. The van der Waals surface area contributed by atoms with E-state index in [2.05, 4.69) is 52.6 Å². The number of hydrogen-bond acceptors (Lipinski definition) is 3. The SMILES string of the molecule is CC(N[C@@H](C)c1cccs1)c1ccc(Br)o1. The molecule has 86 valence electrons. The van der Waals surface area contributed by atoms with Crippen molar-refractivity contribution in [3.63, 3.8) is 0 Å². The standard InChI is InChI=1S/C12H14BrNOS/c1-8(10-5-6-12(13)15-10)14-9(2)11-4-3-7-16-11/h3-9,14H,1-2H3/t8?,9-/m0/s1. The summed E-state index contributed by atoms with van der Waals surface area (Å²) in [5.41, 5.74) is 0. The van der Waals surface area contributed by atoms with Crippen LogP contribution in [-0.2, 0) is 0 Å². The predicted octanol–water partition coefficient (Wildman–Crippen LogP) is 4.52. The second-order valence-corrected chi connectivity index (χ2v) is 5.53. The van der Waals surface area contributed by atoms with E-state index >= 15 is 0 Å². The summed E-state index contributed by atoms with van der Waals surface area (Å²) in [6.07, 6.45) is 0. The molecule has 0 bridgehead atoms. The van der Waals surface area contributed by atoms with Gasteiger partial charge < -0.3 is 9.73 Å². The van der Waals surface area contributed by atoms with Crippen molar-refractivity contribution >= 4 is 27.3 Å². The van der Waals surface area contributed by atoms with E-state index in [0.717, 1.165) is 10.4 Å². The highest BCUT2D eigenvalue weighted by Gasteiger charge is 2.14. The number of hydrogen-bond donors (Lipinski definition) is 1. The van der Waals surface area contributed by atoms with E-state index in [1.54, 1.807) is 11.3 Å². The van der Waals surface area contributed by atoms with Crippen LogP contribution in [0, 0.1) is 0 Å². The predicted molar refractivity (Wildman–Crippen MR) is 70.7 cm³/mol. The van der Waals surface area contributed by atoms with Crippen molar-refractivity contribution in [1.29, 1.82) is 0 Å². The van der Waals surface area contributed by atoms with E-state index in [1.807, 2.05) is 12.1 Å². The summed E-state index contributed by atoms with van der Waals surface area (Å²) in [7, 11) is 0. The Bertz CT molecular complexity index is 438. The minimum atomic E-state index is 0.211. The Morgan fingerprint density at radius 2 is 2.06 bits per heavy atom. The molecule has 0 spiro atoms. The van der Waals surface area contributed by atoms with Crippen molar-refractivity contribution in [3.05, 3.63) is 45.0 Å². The zero-order valence-electron chi connectivity index (χ0n) is 9.24. The van der Waals surface area contributed by atoms with Gasteiger partial charge in [0, 0.05) is 10.9 Å². The van der Waals surface area contributed by atoms with Crippen LogP contribution in [0.25, 0.3) is 0 Å². The Morgan fingerprint density at radius 1 is 1.25 bits per heavy atom. The van der Waals surface area contributed by atoms with Crippen LogP contribution < -0.4 is 5.32 Å². The molecule has 0 aliphatic heterocycles. The number of rotatable bonds is 4. The summed E-state index contributed by atoms with van der Waals surface area (Å²) < 4.78 is 6.30. The number of furan rings is 1. The maximum Gasteiger partial charge on any atom is 0.169 e. The summed E-state index contributed by atoms with van der Waals surface area (Å²) in [6.45, 7) is 4.27. The van der Waals surface area contributed by atoms with Gasteiger partial charge >= 0.3 is 0 Å². The second kappa shape index (κ2) is 5.17. The molecular weight excluding hydrogens is 286 g/mol. The van der Waals surface area contributed by atoms with Crippen LogP contribution in [0.3, 0.4) is 0 Å². The van der Waals surface area contributed by atoms with Crippen molar-refractivity contribution in [2.45, 2.75) is 25.9 Å². The van der Waals surface area contributed by atoms with Gasteiger partial charge in [-0.15, -0.1) is 11.3 Å². The van der Waals surface area contributed by atoms with E-state index < -0.39 is 0 Å². The van der Waals surface area contributed by atoms with Gasteiger partial charge in [0.25, 0.3) is 0 Å². The fraction of sp³-hybridized carbons (Fsp3) is 0.333. The molecule has 4 heteroatoms. The molecular formula is C12H14BrNOS. The smallest absolute Gasteiger partial charge is 0.169 e. The average molecular weight is 300 g/mol. The van der Waals surface area contributed by atoms with Gasteiger partial charge in [0.2, 0.25) is 0 Å². The van der Waals surface area contributed by atoms with Crippen LogP contribution in [0.15, 0.2) is 38.7 Å². The van der Waals surface area contributed by atoms with Gasteiger partial charge in [-0.25, -0.2) is 0 Å². The third-order valence-corrected chi connectivity index (χ3v) is 3.97. The zero-order valence-corrected chi connectivity index (χ0v) is 11.6. The molecule has 0 fully saturated rings. The molecule has 16 heavy (non-hydrogen) atoms. The van der Waals surface area contributed by atoms with E-state index in [0.29, 0.717) is 6.04 Å². The van der Waals surface area contributed by atoms with Gasteiger partial charge in [-0.1, -0.05) is 6.07 Å². The molecule has 0 aliphatic carbocycles. The lowest BCUT2D eigenvalue weighted by Gasteiger charge is -2.17. The fourth-order valence-corrected chi connectivity index (χ4v) is 2.70. The van der Waals surface area contributed by atoms with E-state index in [9.17, 15) is 0 Å². The van der Waals surface area contributed by atoms with Gasteiger partial charge in [-0.3, -0.25) is 0 Å². The third kappa shape index (κ3) is 2.75. The highest BCUT2D eigenvalue weighted by molar-refractivity contribution is 9.10. The summed E-state index contributed by atoms with van der Waals surface area (Å²) in [5, 5.41) is 5.61. The molecule has 0 saturated heterocycles. The first-order valence-electron chi connectivity index (χ1n) is 5.21. The third-order valence-electron chi connectivity index (χ3n) is 2.49. The first kappa shape index (κ1) is 11.9. The molecule has 2 rings (SSSR count). The van der Waals surface area contributed by atoms with Crippen LogP contribution in [0.4, 0.5) is 0 Å². The Labute approximate surface area is 108 Å². The van der Waals surface area contributed by atoms with Crippen molar-refractivity contribution in [2.24, 2.45) is 0 Å². The maximum absolute atomic E-state index is 5.52. The highest BCUT2D eigenvalue weighted by atomic mass is 79.9. The number of thiophene rings is 1. The molecule has 0 radical (unpaired) electrons. The van der Waals surface area contributed by atoms with Gasteiger partial charge in [-0.05, 0) is 53.4 Å². The average Bonchev–Trinajstić information content (AvgIpc) is 2.87. The Morgan fingerprint density at radius 3 is 2.62 bits per heavy atom. The molecule has 0 aromatic carbocycles. The summed E-state index contributed by atoms with van der Waals surface area (Å²) in [5.74, 6) is 0.954. The van der Waals surface area contributed by atoms with Crippen LogP contribution >= 0.6 is 27.3 Å². The van der Waals surface area contributed by atoms with Crippen molar-refractivity contribution in [3.8, 4) is 0 Å². The first-order valence-corrected chi connectivity index (χ1v) is 6.89. The maximum atomic E-state index is 5.52. The molecule has 0 aliphatic rings. The summed E-state index contributed by atoms with van der Waals surface area (Å²) in [6, 6.07) is 8.69. The molecule has 2 heterocycles. The fourth-order valence-electron chi connectivity index (χ4n) is 1.64. The molecule has 2 atom stereocenters. The number of nitrogens with one attached hydrogen (secondary N) is 1. The minimum Gasteiger partial charge on any atom is -0.453 e. The lowest BCUT2D eigenvalue weighted by atomic mass is 10.2. The molecule has 0 amide bonds. The van der Waals surface area contributed by atoms with Crippen LogP contribution in [0.5, 0.6) is 0 Å². The quantitative estimate of drug-likeness (QED) is 0.898. The van der Waals surface area contributed by atoms with Crippen molar-refractivity contribution < 1.29 is 4.42 Å². The Balaban J connectivity index is 2.00. The van der Waals surface area contributed by atoms with E-state index in [-0.39, 0.29) is 6.04 Å². The first-order chi connectivity index (χ1) is 7.66. The topological polar surface area (TPSA) is 25.2 Å². The minimum absolute atomic E-state index is 0.211. The zero-order chi connectivity index (χ0) is 11.5. The molecule has 2 aromatic rings. The molecule has 1 N–H and O–H groups in total. The molecule has 2 nitrogen and oxygen atoms in total. The van der Waals surface area contributed by atoms with E-state index in [1.165, 1.54) is 4.88 Å². The molecule has 0 saturated carbocycles. The highest BCUT2D eigenvalue weighted by Crippen LogP contribution is 2.24. The van der Waals surface area contributed by atoms with Gasteiger partial charge in [0.15, 0.2) is 4.67 Å². The van der Waals surface area contributed by atoms with Gasteiger partial charge in [-0.2, -0.15) is 0 Å². The monoisotopic (exact) mass is 299 g/mol. The van der Waals surface area contributed by atoms with Crippen LogP contribution in [0.2, 0.25) is 0 Å². The van der Waals surface area contributed by atoms with Crippen molar-refractivity contribution in [1.82, 2.24) is 5.32 Å². The lowest BCUT2D eigenvalue weighted by molar-refractivity contribution is 0.395. The van der Waals surface area contributed by atoms with Gasteiger partial charge in [0.05, 0.1) is 6.04 Å². The van der Waals surface area contributed by atoms with Crippen molar-refractivity contribution in [2.75, 3.05) is 0 Å². The number of halogens is 1. The Hall–Kier alpha value is -0.580. The summed E-state index contributed by atoms with van der Waals surface area (Å²) in [4.78, 5) is 1.34. The normalized spacial score (nSPS) is 14.9.